The van der Waals surface area contributed by atoms with Gasteiger partial charge < -0.3 is 9.84 Å². The number of hydrogen-bond donors (Lipinski definition) is 1. The zero-order valence-electron chi connectivity index (χ0n) is 9.01. The quantitative estimate of drug-likeness (QED) is 0.856. The maximum atomic E-state index is 9.02. The summed E-state index contributed by atoms with van der Waals surface area (Å²) in [5.74, 6) is 0.814. The average Bonchev–Trinajstić information content (AvgIpc) is 2.15. The third-order valence-corrected chi connectivity index (χ3v) is 2.18. The van der Waals surface area contributed by atoms with Crippen LogP contribution >= 0.6 is 11.6 Å². The van der Waals surface area contributed by atoms with Gasteiger partial charge >= 0.3 is 0 Å². The van der Waals surface area contributed by atoms with Crippen molar-refractivity contribution in [3.63, 3.8) is 0 Å². The largest absolute Gasteiger partial charge is 0.487 e. The SMILES string of the molecule is C=C(Cl)COc1c(C)cc(CO)cc1C. The van der Waals surface area contributed by atoms with Crippen LogP contribution < -0.4 is 4.74 Å². The molecule has 0 aliphatic rings. The number of benzene rings is 1. The second kappa shape index (κ2) is 5.19. The van der Waals surface area contributed by atoms with Gasteiger partial charge in [-0.25, -0.2) is 0 Å². The van der Waals surface area contributed by atoms with Gasteiger partial charge in [0.2, 0.25) is 0 Å². The van der Waals surface area contributed by atoms with Gasteiger partial charge in [-0.15, -0.1) is 0 Å². The summed E-state index contributed by atoms with van der Waals surface area (Å²) in [4.78, 5) is 0. The Morgan fingerprint density at radius 1 is 1.40 bits per heavy atom. The molecule has 15 heavy (non-hydrogen) atoms. The van der Waals surface area contributed by atoms with Crippen molar-refractivity contribution in [1.82, 2.24) is 0 Å². The van der Waals surface area contributed by atoms with E-state index in [1.807, 2.05) is 26.0 Å². The number of hydrogen-bond acceptors (Lipinski definition) is 2. The molecule has 1 aromatic rings. The molecule has 0 saturated heterocycles. The lowest BCUT2D eigenvalue weighted by atomic mass is 10.1. The highest BCUT2D eigenvalue weighted by molar-refractivity contribution is 6.29. The molecule has 0 unspecified atom stereocenters. The van der Waals surface area contributed by atoms with E-state index < -0.39 is 0 Å². The van der Waals surface area contributed by atoms with Crippen molar-refractivity contribution in [3.8, 4) is 5.75 Å². The number of aliphatic hydroxyl groups is 1. The first-order valence-electron chi connectivity index (χ1n) is 4.71. The van der Waals surface area contributed by atoms with Gasteiger partial charge in [-0.1, -0.05) is 30.3 Å². The highest BCUT2D eigenvalue weighted by atomic mass is 35.5. The monoisotopic (exact) mass is 226 g/mol. The number of halogens is 1. The Morgan fingerprint density at radius 3 is 2.33 bits per heavy atom. The van der Waals surface area contributed by atoms with Gasteiger partial charge in [-0.3, -0.25) is 0 Å². The highest BCUT2D eigenvalue weighted by Crippen LogP contribution is 2.25. The molecule has 0 spiro atoms. The van der Waals surface area contributed by atoms with Crippen LogP contribution in [0.1, 0.15) is 16.7 Å². The minimum absolute atomic E-state index is 0.0458. The lowest BCUT2D eigenvalue weighted by Crippen LogP contribution is -2.01. The average molecular weight is 227 g/mol. The van der Waals surface area contributed by atoms with E-state index >= 15 is 0 Å². The predicted octanol–water partition coefficient (Wildman–Crippen LogP) is 2.93. The highest BCUT2D eigenvalue weighted by Gasteiger charge is 2.06. The Labute approximate surface area is 95.1 Å². The number of rotatable bonds is 4. The van der Waals surface area contributed by atoms with Crippen molar-refractivity contribution in [2.24, 2.45) is 0 Å². The summed E-state index contributed by atoms with van der Waals surface area (Å²) in [6.07, 6.45) is 0. The van der Waals surface area contributed by atoms with Gasteiger partial charge in [0.25, 0.3) is 0 Å². The molecule has 0 bridgehead atoms. The fourth-order valence-electron chi connectivity index (χ4n) is 1.51. The zero-order chi connectivity index (χ0) is 11.4. The summed E-state index contributed by atoms with van der Waals surface area (Å²) in [6.45, 7) is 7.80. The molecule has 0 heterocycles. The third-order valence-electron chi connectivity index (χ3n) is 2.08. The van der Waals surface area contributed by atoms with Gasteiger partial charge in [0.15, 0.2) is 0 Å². The summed E-state index contributed by atoms with van der Waals surface area (Å²) >= 11 is 5.63. The van der Waals surface area contributed by atoms with Crippen molar-refractivity contribution >= 4 is 11.6 Å². The third kappa shape index (κ3) is 3.26. The van der Waals surface area contributed by atoms with E-state index in [1.165, 1.54) is 0 Å². The fourth-order valence-corrected chi connectivity index (χ4v) is 1.56. The molecule has 0 aromatic heterocycles. The van der Waals surface area contributed by atoms with Gasteiger partial charge in [-0.2, -0.15) is 0 Å². The Bertz CT molecular complexity index is 349. The van der Waals surface area contributed by atoms with Gasteiger partial charge in [0.05, 0.1) is 6.61 Å². The zero-order valence-corrected chi connectivity index (χ0v) is 9.77. The van der Waals surface area contributed by atoms with Crippen LogP contribution in [0.15, 0.2) is 23.7 Å². The van der Waals surface area contributed by atoms with E-state index in [1.54, 1.807) is 0 Å². The molecule has 82 valence electrons. The van der Waals surface area contributed by atoms with Crippen LogP contribution in [-0.2, 0) is 6.61 Å². The summed E-state index contributed by atoms with van der Waals surface area (Å²) < 4.78 is 5.52. The van der Waals surface area contributed by atoms with Crippen molar-refractivity contribution in [2.45, 2.75) is 20.5 Å². The van der Waals surface area contributed by atoms with Crippen LogP contribution in [0.5, 0.6) is 5.75 Å². The molecule has 0 fully saturated rings. The van der Waals surface area contributed by atoms with Gasteiger partial charge in [-0.05, 0) is 30.5 Å². The molecule has 0 amide bonds. The summed E-state index contributed by atoms with van der Waals surface area (Å²) in [5, 5.41) is 9.49. The number of aryl methyl sites for hydroxylation is 2. The van der Waals surface area contributed by atoms with E-state index in [2.05, 4.69) is 6.58 Å². The topological polar surface area (TPSA) is 29.5 Å². The Balaban J connectivity index is 2.92. The predicted molar refractivity (Wildman–Crippen MR) is 62.3 cm³/mol. The molecule has 2 nitrogen and oxygen atoms in total. The van der Waals surface area contributed by atoms with Crippen molar-refractivity contribution in [2.75, 3.05) is 6.61 Å². The molecule has 0 aliphatic carbocycles. The van der Waals surface area contributed by atoms with Gasteiger partial charge in [0, 0.05) is 5.03 Å². The maximum Gasteiger partial charge on any atom is 0.125 e. The smallest absolute Gasteiger partial charge is 0.125 e. The van der Waals surface area contributed by atoms with Crippen LogP contribution in [0.2, 0.25) is 0 Å². The molecule has 1 rings (SSSR count). The maximum absolute atomic E-state index is 9.02. The molecule has 0 aliphatic heterocycles. The van der Waals surface area contributed by atoms with Crippen molar-refractivity contribution in [1.29, 1.82) is 0 Å². The van der Waals surface area contributed by atoms with Crippen LogP contribution in [0.3, 0.4) is 0 Å². The van der Waals surface area contributed by atoms with E-state index in [0.29, 0.717) is 11.6 Å². The second-order valence-corrected chi connectivity index (χ2v) is 4.06. The van der Waals surface area contributed by atoms with Crippen LogP contribution in [0, 0.1) is 13.8 Å². The van der Waals surface area contributed by atoms with Crippen LogP contribution in [-0.4, -0.2) is 11.7 Å². The molecule has 3 heteroatoms. The normalized spacial score (nSPS) is 10.1. The standard InChI is InChI=1S/C12H15ClO2/c1-8-4-11(6-14)5-9(2)12(8)15-7-10(3)13/h4-5,14H,3,6-7H2,1-2H3. The van der Waals surface area contributed by atoms with E-state index in [-0.39, 0.29) is 6.61 Å². The van der Waals surface area contributed by atoms with E-state index in [9.17, 15) is 0 Å². The summed E-state index contributed by atoms with van der Waals surface area (Å²) in [5.41, 5.74) is 2.89. The minimum Gasteiger partial charge on any atom is -0.487 e. The second-order valence-electron chi connectivity index (χ2n) is 3.52. The molecule has 0 atom stereocenters. The molecule has 1 N–H and O–H groups in total. The number of aliphatic hydroxyl groups excluding tert-OH is 1. The first-order chi connectivity index (χ1) is 7.04. The Kier molecular flexibility index (Phi) is 4.18. The first kappa shape index (κ1) is 12.1. The Hall–Kier alpha value is -0.990. The lowest BCUT2D eigenvalue weighted by Gasteiger charge is -2.12. The lowest BCUT2D eigenvalue weighted by molar-refractivity contribution is 0.281. The first-order valence-corrected chi connectivity index (χ1v) is 5.09. The van der Waals surface area contributed by atoms with E-state index in [0.717, 1.165) is 22.4 Å². The molecule has 0 radical (unpaired) electrons. The molecule has 1 aromatic carbocycles. The van der Waals surface area contributed by atoms with Crippen LogP contribution in [0.4, 0.5) is 0 Å². The molecular formula is C12H15ClO2. The molecule has 0 saturated carbocycles. The molecular weight excluding hydrogens is 212 g/mol. The summed E-state index contributed by atoms with van der Waals surface area (Å²) in [6, 6.07) is 3.80. The number of ether oxygens (including phenoxy) is 1. The van der Waals surface area contributed by atoms with Gasteiger partial charge in [0.1, 0.15) is 12.4 Å². The van der Waals surface area contributed by atoms with Crippen LogP contribution in [0.25, 0.3) is 0 Å². The summed E-state index contributed by atoms with van der Waals surface area (Å²) in [7, 11) is 0. The fraction of sp³-hybridized carbons (Fsp3) is 0.333. The van der Waals surface area contributed by atoms with E-state index in [4.69, 9.17) is 21.4 Å². The Morgan fingerprint density at radius 2 is 1.93 bits per heavy atom. The minimum atomic E-state index is 0.0458. The van der Waals surface area contributed by atoms with Crippen molar-refractivity contribution < 1.29 is 9.84 Å². The van der Waals surface area contributed by atoms with Crippen molar-refractivity contribution in [3.05, 3.63) is 40.4 Å².